The fourth-order valence-corrected chi connectivity index (χ4v) is 3.35. The highest BCUT2D eigenvalue weighted by molar-refractivity contribution is 6.32. The highest BCUT2D eigenvalue weighted by Gasteiger charge is 2.21. The van der Waals surface area contributed by atoms with E-state index in [1.165, 1.54) is 12.1 Å². The normalized spacial score (nSPS) is 14.2. The first-order valence-electron chi connectivity index (χ1n) is 8.92. The fourth-order valence-electron chi connectivity index (χ4n) is 3.10. The van der Waals surface area contributed by atoms with Gasteiger partial charge in [-0.1, -0.05) is 23.7 Å². The van der Waals surface area contributed by atoms with Gasteiger partial charge in [-0.15, -0.1) is 0 Å². The molecule has 1 N–H and O–H groups in total. The number of methoxy groups -OCH3 is 1. The predicted octanol–water partition coefficient (Wildman–Crippen LogP) is 3.56. The monoisotopic (exact) mass is 391 g/mol. The first-order valence-corrected chi connectivity index (χ1v) is 9.30. The molecule has 1 fully saturated rings. The van der Waals surface area contributed by atoms with Gasteiger partial charge in [-0.2, -0.15) is 0 Å². The van der Waals surface area contributed by atoms with E-state index in [4.69, 9.17) is 16.3 Å². The van der Waals surface area contributed by atoms with Gasteiger partial charge in [0.2, 0.25) is 0 Å². The zero-order valence-electron chi connectivity index (χ0n) is 15.3. The van der Waals surface area contributed by atoms with Gasteiger partial charge in [0.25, 0.3) is 0 Å². The molecule has 0 unspecified atom stereocenters. The van der Waals surface area contributed by atoms with E-state index in [2.05, 4.69) is 10.2 Å². The van der Waals surface area contributed by atoms with Crippen molar-refractivity contribution < 1.29 is 13.9 Å². The lowest BCUT2D eigenvalue weighted by atomic mass is 10.1. The van der Waals surface area contributed by atoms with E-state index in [1.54, 1.807) is 19.2 Å². The minimum Gasteiger partial charge on any atom is -0.495 e. The van der Waals surface area contributed by atoms with Crippen LogP contribution in [0.5, 0.6) is 5.75 Å². The van der Waals surface area contributed by atoms with Crippen molar-refractivity contribution in [3.63, 3.8) is 0 Å². The summed E-state index contributed by atoms with van der Waals surface area (Å²) in [5.74, 6) is 0.401. The number of hydrogen-bond donors (Lipinski definition) is 1. The van der Waals surface area contributed by atoms with E-state index in [1.807, 2.05) is 23.1 Å². The van der Waals surface area contributed by atoms with Gasteiger partial charge in [-0.05, 0) is 42.3 Å². The Kier molecular flexibility index (Phi) is 6.40. The Morgan fingerprint density at radius 1 is 1.15 bits per heavy atom. The van der Waals surface area contributed by atoms with E-state index in [-0.39, 0.29) is 11.8 Å². The second kappa shape index (κ2) is 8.95. The number of benzene rings is 2. The Balaban J connectivity index is 1.45. The lowest BCUT2D eigenvalue weighted by molar-refractivity contribution is 0.194. The molecular weight excluding hydrogens is 369 g/mol. The van der Waals surface area contributed by atoms with Crippen molar-refractivity contribution >= 4 is 23.3 Å². The molecule has 0 spiro atoms. The van der Waals surface area contributed by atoms with Gasteiger partial charge in [0.1, 0.15) is 11.6 Å². The van der Waals surface area contributed by atoms with Crippen molar-refractivity contribution in [1.82, 2.24) is 10.2 Å². The molecule has 3 rings (SSSR count). The van der Waals surface area contributed by atoms with Crippen LogP contribution < -0.4 is 15.0 Å². The van der Waals surface area contributed by atoms with Crippen molar-refractivity contribution in [2.75, 3.05) is 44.7 Å². The summed E-state index contributed by atoms with van der Waals surface area (Å²) in [5.41, 5.74) is 2.02. The molecule has 1 aliphatic rings. The largest absolute Gasteiger partial charge is 0.495 e. The molecule has 27 heavy (non-hydrogen) atoms. The lowest BCUT2D eigenvalue weighted by Gasteiger charge is -2.36. The van der Waals surface area contributed by atoms with Crippen LogP contribution in [0.25, 0.3) is 0 Å². The molecule has 0 atom stereocenters. The number of amides is 2. The van der Waals surface area contributed by atoms with Crippen LogP contribution in [0.3, 0.4) is 0 Å². The summed E-state index contributed by atoms with van der Waals surface area (Å²) >= 11 is 6.20. The molecule has 2 aromatic rings. The van der Waals surface area contributed by atoms with Gasteiger partial charge in [-0.25, -0.2) is 9.18 Å². The van der Waals surface area contributed by atoms with E-state index in [0.717, 1.165) is 24.3 Å². The molecule has 2 amide bonds. The van der Waals surface area contributed by atoms with Crippen LogP contribution in [0.1, 0.15) is 5.56 Å². The third-order valence-corrected chi connectivity index (χ3v) is 4.97. The SMILES string of the molecule is COc1ccc(N2CCN(C(=O)NCCc3ccc(F)cc3)CC2)cc1Cl. The molecule has 1 heterocycles. The van der Waals surface area contributed by atoms with Crippen LogP contribution in [0.4, 0.5) is 14.9 Å². The lowest BCUT2D eigenvalue weighted by Crippen LogP contribution is -2.52. The molecule has 0 aliphatic carbocycles. The van der Waals surface area contributed by atoms with E-state index in [9.17, 15) is 9.18 Å². The summed E-state index contributed by atoms with van der Waals surface area (Å²) in [6.45, 7) is 3.30. The zero-order chi connectivity index (χ0) is 19.2. The molecule has 144 valence electrons. The molecular formula is C20H23ClFN3O2. The van der Waals surface area contributed by atoms with E-state index >= 15 is 0 Å². The van der Waals surface area contributed by atoms with E-state index in [0.29, 0.717) is 36.8 Å². The number of carbonyl (C=O) groups excluding carboxylic acids is 1. The smallest absolute Gasteiger partial charge is 0.317 e. The average Bonchev–Trinajstić information content (AvgIpc) is 2.69. The van der Waals surface area contributed by atoms with Crippen molar-refractivity contribution in [3.05, 3.63) is 58.9 Å². The first kappa shape index (κ1) is 19.3. The average molecular weight is 392 g/mol. The topological polar surface area (TPSA) is 44.8 Å². The van der Waals surface area contributed by atoms with Gasteiger partial charge in [0, 0.05) is 38.4 Å². The maximum Gasteiger partial charge on any atom is 0.317 e. The first-order chi connectivity index (χ1) is 13.1. The molecule has 0 saturated carbocycles. The van der Waals surface area contributed by atoms with Gasteiger partial charge in [0.05, 0.1) is 12.1 Å². The third kappa shape index (κ3) is 5.04. The number of urea groups is 1. The standard InChI is InChI=1S/C20H23ClFN3O2/c1-27-19-7-6-17(14-18(19)21)24-10-12-25(13-11-24)20(26)23-9-8-15-2-4-16(22)5-3-15/h2-7,14H,8-13H2,1H3,(H,23,26). The molecule has 5 nitrogen and oxygen atoms in total. The number of hydrogen-bond acceptors (Lipinski definition) is 3. The number of nitrogens with one attached hydrogen (secondary N) is 1. The van der Waals surface area contributed by atoms with Gasteiger partial charge in [0.15, 0.2) is 0 Å². The van der Waals surface area contributed by atoms with E-state index < -0.39 is 0 Å². The Morgan fingerprint density at radius 3 is 2.48 bits per heavy atom. The summed E-state index contributed by atoms with van der Waals surface area (Å²) in [4.78, 5) is 16.3. The fraction of sp³-hybridized carbons (Fsp3) is 0.350. The van der Waals surface area contributed by atoms with Gasteiger partial charge in [-0.3, -0.25) is 0 Å². The van der Waals surface area contributed by atoms with Crippen LogP contribution in [0.15, 0.2) is 42.5 Å². The van der Waals surface area contributed by atoms with Crippen LogP contribution in [-0.4, -0.2) is 50.8 Å². The van der Waals surface area contributed by atoms with Crippen molar-refractivity contribution in [3.8, 4) is 5.75 Å². The number of anilines is 1. The quantitative estimate of drug-likeness (QED) is 0.847. The Hall–Kier alpha value is -2.47. The van der Waals surface area contributed by atoms with Crippen molar-refractivity contribution in [2.24, 2.45) is 0 Å². The number of ether oxygens (including phenoxy) is 1. The van der Waals surface area contributed by atoms with Crippen LogP contribution in [0.2, 0.25) is 5.02 Å². The summed E-state index contributed by atoms with van der Waals surface area (Å²) in [5, 5.41) is 3.51. The molecule has 1 aliphatic heterocycles. The Bertz CT molecular complexity index is 777. The van der Waals surface area contributed by atoms with Crippen LogP contribution >= 0.6 is 11.6 Å². The number of rotatable bonds is 5. The summed E-state index contributed by atoms with van der Waals surface area (Å²) in [7, 11) is 1.59. The molecule has 7 heteroatoms. The maximum absolute atomic E-state index is 12.9. The second-order valence-electron chi connectivity index (χ2n) is 6.40. The number of halogens is 2. The molecule has 0 radical (unpaired) electrons. The minimum atomic E-state index is -0.251. The Morgan fingerprint density at radius 2 is 1.85 bits per heavy atom. The molecule has 0 bridgehead atoms. The minimum absolute atomic E-state index is 0.0653. The number of nitrogens with zero attached hydrogens (tertiary/aromatic N) is 2. The molecule has 1 saturated heterocycles. The highest BCUT2D eigenvalue weighted by atomic mass is 35.5. The molecule has 0 aromatic heterocycles. The van der Waals surface area contributed by atoms with Crippen LogP contribution in [0, 0.1) is 5.82 Å². The summed E-state index contributed by atoms with van der Waals surface area (Å²) < 4.78 is 18.1. The van der Waals surface area contributed by atoms with Gasteiger partial charge < -0.3 is 19.9 Å². The molecule has 2 aromatic carbocycles. The predicted molar refractivity (Wildman–Crippen MR) is 105 cm³/mol. The summed E-state index contributed by atoms with van der Waals surface area (Å²) in [6.07, 6.45) is 0.677. The van der Waals surface area contributed by atoms with Crippen molar-refractivity contribution in [1.29, 1.82) is 0 Å². The highest BCUT2D eigenvalue weighted by Crippen LogP contribution is 2.29. The number of carbonyl (C=O) groups is 1. The number of piperazine rings is 1. The van der Waals surface area contributed by atoms with Gasteiger partial charge >= 0.3 is 6.03 Å². The Labute approximate surface area is 163 Å². The third-order valence-electron chi connectivity index (χ3n) is 4.67. The van der Waals surface area contributed by atoms with Crippen LogP contribution in [-0.2, 0) is 6.42 Å². The zero-order valence-corrected chi connectivity index (χ0v) is 16.0. The van der Waals surface area contributed by atoms with Crippen molar-refractivity contribution in [2.45, 2.75) is 6.42 Å². The summed E-state index contributed by atoms with van der Waals surface area (Å²) in [6, 6.07) is 12.0. The maximum atomic E-state index is 12.9. The second-order valence-corrected chi connectivity index (χ2v) is 6.81.